The second-order valence-corrected chi connectivity index (χ2v) is 9.80. The maximum Gasteiger partial charge on any atom is 0.306 e. The lowest BCUT2D eigenvalue weighted by Crippen LogP contribution is -2.40. The van der Waals surface area contributed by atoms with Gasteiger partial charge in [0, 0.05) is 19.5 Å². The van der Waals surface area contributed by atoms with Crippen LogP contribution in [-0.2, 0) is 30.7 Å². The van der Waals surface area contributed by atoms with Crippen LogP contribution in [0.15, 0.2) is 59.2 Å². The zero-order chi connectivity index (χ0) is 24.8. The average Bonchev–Trinajstić information content (AvgIpc) is 3.31. The molecule has 1 fully saturated rings. The van der Waals surface area contributed by atoms with E-state index < -0.39 is 28.4 Å². The van der Waals surface area contributed by atoms with E-state index in [4.69, 9.17) is 9.47 Å². The Balaban J connectivity index is 1.32. The number of para-hydroxylation sites is 2. The number of ether oxygens (including phenoxy) is 2. The summed E-state index contributed by atoms with van der Waals surface area (Å²) in [5, 5.41) is 19.7. The zero-order valence-corrected chi connectivity index (χ0v) is 19.6. The number of benzene rings is 2. The molecule has 0 unspecified atom stereocenters. The van der Waals surface area contributed by atoms with Gasteiger partial charge in [-0.25, -0.2) is 13.4 Å². The van der Waals surface area contributed by atoms with E-state index in [0.717, 1.165) is 5.56 Å². The first kappa shape index (κ1) is 24.4. The predicted octanol–water partition coefficient (Wildman–Crippen LogP) is 2.55. The van der Waals surface area contributed by atoms with E-state index in [0.29, 0.717) is 43.8 Å². The number of aromatic nitrogens is 2. The number of nitriles is 1. The van der Waals surface area contributed by atoms with Gasteiger partial charge >= 0.3 is 5.97 Å². The Kier molecular flexibility index (Phi) is 7.45. The van der Waals surface area contributed by atoms with Crippen molar-refractivity contribution in [3.8, 4) is 6.07 Å². The minimum Gasteiger partial charge on any atom is -0.507 e. The summed E-state index contributed by atoms with van der Waals surface area (Å²) >= 11 is 0. The lowest BCUT2D eigenvalue weighted by Gasteiger charge is -2.26. The molecule has 1 aromatic heterocycles. The van der Waals surface area contributed by atoms with Crippen molar-refractivity contribution < 1.29 is 27.8 Å². The van der Waals surface area contributed by atoms with Crippen LogP contribution in [0.4, 0.5) is 0 Å². The largest absolute Gasteiger partial charge is 0.507 e. The summed E-state index contributed by atoms with van der Waals surface area (Å²) in [4.78, 5) is 19.6. The van der Waals surface area contributed by atoms with Crippen LogP contribution in [-0.4, -0.2) is 66.7 Å². The summed E-state index contributed by atoms with van der Waals surface area (Å²) < 4.78 is 37.1. The van der Waals surface area contributed by atoms with E-state index in [2.05, 4.69) is 9.97 Å². The van der Waals surface area contributed by atoms with Crippen LogP contribution < -0.4 is 0 Å². The molecule has 0 atom stereocenters. The van der Waals surface area contributed by atoms with Gasteiger partial charge in [-0.3, -0.25) is 4.79 Å². The molecule has 1 aliphatic heterocycles. The van der Waals surface area contributed by atoms with Gasteiger partial charge in [0.15, 0.2) is 11.6 Å². The van der Waals surface area contributed by atoms with Gasteiger partial charge in [-0.2, -0.15) is 9.57 Å². The fourth-order valence-electron chi connectivity index (χ4n) is 3.63. The number of H-pyrrole nitrogens is 1. The molecular formula is C24H24N4O6S. The standard InChI is InChI=1S/C24H24N4O6S/c25-15-19(24-26-20-3-1-2-4-21(20)27-24)22(29)16-34-23(30)10-7-17-5-8-18(9-6-17)35(31,32)28-11-13-33-14-12-28/h1-6,8-9,29H,7,10-14,16H2,(H,26,27). The topological polar surface area (TPSA) is 146 Å². The summed E-state index contributed by atoms with van der Waals surface area (Å²) in [5.74, 6) is -0.782. The zero-order valence-electron chi connectivity index (χ0n) is 18.8. The number of nitrogens with zero attached hydrogens (tertiary/aromatic N) is 3. The van der Waals surface area contributed by atoms with E-state index in [1.54, 1.807) is 30.3 Å². The highest BCUT2D eigenvalue weighted by molar-refractivity contribution is 7.89. The smallest absolute Gasteiger partial charge is 0.306 e. The second-order valence-electron chi connectivity index (χ2n) is 7.86. The predicted molar refractivity (Wildman–Crippen MR) is 127 cm³/mol. The number of carbonyl (C=O) groups excluding carboxylic acids is 1. The number of sulfonamides is 1. The number of carbonyl (C=O) groups is 1. The van der Waals surface area contributed by atoms with Crippen molar-refractivity contribution in [1.82, 2.24) is 14.3 Å². The molecule has 1 aliphatic rings. The Hall–Kier alpha value is -3.72. The second kappa shape index (κ2) is 10.7. The summed E-state index contributed by atoms with van der Waals surface area (Å²) in [7, 11) is -3.58. The van der Waals surface area contributed by atoms with Crippen molar-refractivity contribution in [2.75, 3.05) is 32.9 Å². The van der Waals surface area contributed by atoms with Crippen LogP contribution in [0.2, 0.25) is 0 Å². The molecule has 0 aliphatic carbocycles. The highest BCUT2D eigenvalue weighted by Crippen LogP contribution is 2.20. The Morgan fingerprint density at radius 3 is 2.57 bits per heavy atom. The Morgan fingerprint density at radius 2 is 1.89 bits per heavy atom. The number of nitrogens with one attached hydrogen (secondary N) is 1. The normalized spacial score (nSPS) is 15.4. The van der Waals surface area contributed by atoms with Crippen molar-refractivity contribution >= 4 is 32.6 Å². The number of fused-ring (bicyclic) bond motifs is 1. The number of hydrogen-bond donors (Lipinski definition) is 2. The van der Waals surface area contributed by atoms with Gasteiger partial charge < -0.3 is 19.6 Å². The van der Waals surface area contributed by atoms with Gasteiger partial charge in [0.2, 0.25) is 10.0 Å². The third-order valence-corrected chi connectivity index (χ3v) is 7.46. The maximum atomic E-state index is 12.7. The monoisotopic (exact) mass is 496 g/mol. The van der Waals surface area contributed by atoms with Crippen LogP contribution in [0.25, 0.3) is 16.6 Å². The minimum atomic E-state index is -3.58. The molecule has 0 radical (unpaired) electrons. The Bertz CT molecular complexity index is 1350. The first-order valence-electron chi connectivity index (χ1n) is 11.0. The number of aromatic amines is 1. The fraction of sp³-hybridized carbons (Fsp3) is 0.292. The molecule has 35 heavy (non-hydrogen) atoms. The van der Waals surface area contributed by atoms with Gasteiger partial charge in [0.1, 0.15) is 18.2 Å². The molecule has 3 aromatic rings. The van der Waals surface area contributed by atoms with E-state index in [1.165, 1.54) is 16.4 Å². The number of aliphatic hydroxyl groups is 1. The van der Waals surface area contributed by atoms with E-state index in [1.807, 2.05) is 12.1 Å². The lowest BCUT2D eigenvalue weighted by atomic mass is 10.1. The van der Waals surface area contributed by atoms with Crippen molar-refractivity contribution in [2.45, 2.75) is 17.7 Å². The molecule has 0 bridgehead atoms. The molecule has 2 aromatic carbocycles. The summed E-state index contributed by atoms with van der Waals surface area (Å²) in [5.41, 5.74) is 2.02. The number of aliphatic hydroxyl groups excluding tert-OH is 1. The SMILES string of the molecule is N#CC(=C(O)COC(=O)CCc1ccc(S(=O)(=O)N2CCOCC2)cc1)c1nc2ccccc2[nH]1. The van der Waals surface area contributed by atoms with Crippen LogP contribution in [0.5, 0.6) is 0 Å². The molecule has 2 N–H and O–H groups in total. The van der Waals surface area contributed by atoms with Gasteiger partial charge in [-0.05, 0) is 36.2 Å². The molecule has 182 valence electrons. The molecule has 11 heteroatoms. The van der Waals surface area contributed by atoms with Gasteiger partial charge in [-0.15, -0.1) is 0 Å². The van der Waals surface area contributed by atoms with Crippen LogP contribution in [0.1, 0.15) is 17.8 Å². The van der Waals surface area contributed by atoms with Crippen molar-refractivity contribution in [3.63, 3.8) is 0 Å². The van der Waals surface area contributed by atoms with Crippen molar-refractivity contribution in [2.24, 2.45) is 0 Å². The first-order chi connectivity index (χ1) is 16.9. The molecule has 4 rings (SSSR count). The van der Waals surface area contributed by atoms with Crippen LogP contribution >= 0.6 is 0 Å². The Morgan fingerprint density at radius 1 is 1.17 bits per heavy atom. The number of aryl methyl sites for hydroxylation is 1. The molecule has 1 saturated heterocycles. The number of hydrogen-bond acceptors (Lipinski definition) is 8. The number of rotatable bonds is 8. The molecule has 0 amide bonds. The van der Waals surface area contributed by atoms with E-state index in [-0.39, 0.29) is 22.7 Å². The molecule has 0 saturated carbocycles. The van der Waals surface area contributed by atoms with Gasteiger partial charge in [-0.1, -0.05) is 24.3 Å². The van der Waals surface area contributed by atoms with Crippen molar-refractivity contribution in [3.05, 3.63) is 65.7 Å². The molecule has 10 nitrogen and oxygen atoms in total. The summed E-state index contributed by atoms with van der Waals surface area (Å²) in [6.07, 6.45) is 0.352. The van der Waals surface area contributed by atoms with E-state index >= 15 is 0 Å². The maximum absolute atomic E-state index is 12.7. The molecular weight excluding hydrogens is 472 g/mol. The number of allylic oxidation sites excluding steroid dienone is 1. The van der Waals surface area contributed by atoms with Gasteiger partial charge in [0.05, 0.1) is 29.1 Å². The highest BCUT2D eigenvalue weighted by Gasteiger charge is 2.26. The van der Waals surface area contributed by atoms with Crippen molar-refractivity contribution in [1.29, 1.82) is 5.26 Å². The average molecular weight is 497 g/mol. The molecule has 2 heterocycles. The number of morpholine rings is 1. The Labute approximate surface area is 202 Å². The summed E-state index contributed by atoms with van der Waals surface area (Å²) in [6, 6.07) is 15.4. The van der Waals surface area contributed by atoms with Crippen LogP contribution in [0, 0.1) is 11.3 Å². The lowest BCUT2D eigenvalue weighted by molar-refractivity contribution is -0.143. The fourth-order valence-corrected chi connectivity index (χ4v) is 5.04. The van der Waals surface area contributed by atoms with Crippen LogP contribution in [0.3, 0.4) is 0 Å². The quantitative estimate of drug-likeness (QED) is 0.275. The number of esters is 1. The molecule has 0 spiro atoms. The minimum absolute atomic E-state index is 0.0232. The third-order valence-electron chi connectivity index (χ3n) is 5.55. The highest BCUT2D eigenvalue weighted by atomic mass is 32.2. The first-order valence-corrected chi connectivity index (χ1v) is 12.4. The van der Waals surface area contributed by atoms with Gasteiger partial charge in [0.25, 0.3) is 0 Å². The third kappa shape index (κ3) is 5.68. The van der Waals surface area contributed by atoms with E-state index in [9.17, 15) is 23.6 Å². The number of imidazole rings is 1. The summed E-state index contributed by atoms with van der Waals surface area (Å²) in [6.45, 7) is 0.925.